The first-order chi connectivity index (χ1) is 8.01. The first-order valence-corrected chi connectivity index (χ1v) is 7.69. The molecule has 3 nitrogen and oxygen atoms in total. The molecule has 0 atom stereocenters. The quantitative estimate of drug-likeness (QED) is 0.626. The lowest BCUT2D eigenvalue weighted by atomic mass is 10.2. The molecule has 4 heteroatoms. The molecule has 0 bridgehead atoms. The molecule has 0 aliphatic carbocycles. The van der Waals surface area contributed by atoms with E-state index in [1.807, 2.05) is 14.1 Å². The Bertz CT molecular complexity index is 213. The molecule has 0 saturated heterocycles. The number of quaternary nitrogens is 1. The smallest absolute Gasteiger partial charge is 0.281 e. The van der Waals surface area contributed by atoms with Crippen molar-refractivity contribution in [3.05, 3.63) is 0 Å². The minimum absolute atomic E-state index is 0.173. The molecular weight excluding hydrogens is 232 g/mol. The van der Waals surface area contributed by atoms with Crippen LogP contribution in [0.3, 0.4) is 0 Å². The largest absolute Gasteiger partial charge is 0.340 e. The molecule has 0 N–H and O–H groups in total. The van der Waals surface area contributed by atoms with E-state index in [0.717, 1.165) is 12.3 Å². The van der Waals surface area contributed by atoms with Crippen molar-refractivity contribution in [2.24, 2.45) is 0 Å². The molecule has 102 valence electrons. The van der Waals surface area contributed by atoms with E-state index < -0.39 is 0 Å². The van der Waals surface area contributed by atoms with Gasteiger partial charge in [0, 0.05) is 14.1 Å². The Kier molecular flexibility index (Phi) is 8.70. The van der Waals surface area contributed by atoms with Gasteiger partial charge in [-0.25, -0.2) is 0 Å². The van der Waals surface area contributed by atoms with Gasteiger partial charge in [0.25, 0.3) is 5.24 Å². The average Bonchev–Trinajstić information content (AvgIpc) is 2.29. The number of hydrogen-bond donors (Lipinski definition) is 0. The van der Waals surface area contributed by atoms with Crippen LogP contribution in [-0.2, 0) is 0 Å². The molecule has 0 fully saturated rings. The molecule has 0 aromatic carbocycles. The van der Waals surface area contributed by atoms with Crippen molar-refractivity contribution < 1.29 is 9.28 Å². The number of nitrogens with zero attached hydrogens (tertiary/aromatic N) is 2. The van der Waals surface area contributed by atoms with Crippen LogP contribution >= 0.6 is 11.8 Å². The Morgan fingerprint density at radius 3 is 1.94 bits per heavy atom. The molecule has 0 aromatic rings. The number of thioether (sulfide) groups is 1. The summed E-state index contributed by atoms with van der Waals surface area (Å²) in [5, 5.41) is 0.173. The van der Waals surface area contributed by atoms with E-state index >= 15 is 0 Å². The van der Waals surface area contributed by atoms with Gasteiger partial charge in [0.2, 0.25) is 0 Å². The Morgan fingerprint density at radius 1 is 1.06 bits per heavy atom. The average molecular weight is 261 g/mol. The van der Waals surface area contributed by atoms with Gasteiger partial charge in [0.1, 0.15) is 0 Å². The molecule has 0 spiro atoms. The lowest BCUT2D eigenvalue weighted by Gasteiger charge is -2.37. The molecule has 0 aromatic heterocycles. The molecule has 0 heterocycles. The van der Waals surface area contributed by atoms with Gasteiger partial charge >= 0.3 is 0 Å². The summed E-state index contributed by atoms with van der Waals surface area (Å²) < 4.78 is 1.17. The van der Waals surface area contributed by atoms with Crippen molar-refractivity contribution in [3.63, 3.8) is 0 Å². The molecule has 17 heavy (non-hydrogen) atoms. The van der Waals surface area contributed by atoms with Crippen LogP contribution in [0.15, 0.2) is 0 Å². The summed E-state index contributed by atoms with van der Waals surface area (Å²) in [7, 11) is 3.63. The zero-order valence-corrected chi connectivity index (χ0v) is 13.0. The van der Waals surface area contributed by atoms with E-state index in [1.165, 1.54) is 48.7 Å². The van der Waals surface area contributed by atoms with E-state index in [-0.39, 0.29) is 5.24 Å². The lowest BCUT2D eigenvalue weighted by molar-refractivity contribution is -0.924. The van der Waals surface area contributed by atoms with E-state index in [2.05, 4.69) is 20.8 Å². The summed E-state index contributed by atoms with van der Waals surface area (Å²) in [6.07, 6.45) is 2.44. The normalized spacial score (nSPS) is 11.6. The summed E-state index contributed by atoms with van der Waals surface area (Å²) >= 11 is 1.45. The van der Waals surface area contributed by atoms with Crippen LogP contribution in [0.1, 0.15) is 33.6 Å². The van der Waals surface area contributed by atoms with Crippen molar-refractivity contribution in [1.82, 2.24) is 4.90 Å². The summed E-state index contributed by atoms with van der Waals surface area (Å²) in [5.41, 5.74) is 0. The first-order valence-electron chi connectivity index (χ1n) is 6.70. The highest BCUT2D eigenvalue weighted by molar-refractivity contribution is 8.13. The molecule has 0 radical (unpaired) electrons. The summed E-state index contributed by atoms with van der Waals surface area (Å²) in [6, 6.07) is 0. The van der Waals surface area contributed by atoms with Crippen LogP contribution in [0, 0.1) is 0 Å². The van der Waals surface area contributed by atoms with Gasteiger partial charge in [-0.15, -0.1) is 0 Å². The monoisotopic (exact) mass is 261 g/mol. The standard InChI is InChI=1S/C13H29N2OS/c1-6-9-15(8-3,10-7-2)11-12-17-13(16)14(4)5/h6-12H2,1-5H3/q+1. The van der Waals surface area contributed by atoms with Crippen LogP contribution < -0.4 is 0 Å². The van der Waals surface area contributed by atoms with Crippen LogP contribution in [-0.4, -0.2) is 60.6 Å². The topological polar surface area (TPSA) is 20.3 Å². The minimum atomic E-state index is 0.173. The highest BCUT2D eigenvalue weighted by Crippen LogP contribution is 2.14. The van der Waals surface area contributed by atoms with Gasteiger partial charge in [0.05, 0.1) is 31.9 Å². The minimum Gasteiger partial charge on any atom is -0.340 e. The van der Waals surface area contributed by atoms with Crippen molar-refractivity contribution in [2.75, 3.05) is 46.0 Å². The van der Waals surface area contributed by atoms with Crippen LogP contribution in [0.2, 0.25) is 0 Å². The Labute approximate surface area is 111 Å². The number of hydrogen-bond acceptors (Lipinski definition) is 2. The molecule has 1 amide bonds. The fraction of sp³-hybridized carbons (Fsp3) is 0.923. The molecule has 0 rings (SSSR count). The maximum absolute atomic E-state index is 11.5. The summed E-state index contributed by atoms with van der Waals surface area (Å²) in [6.45, 7) is 11.5. The van der Waals surface area contributed by atoms with E-state index in [4.69, 9.17) is 0 Å². The van der Waals surface area contributed by atoms with Gasteiger partial charge in [-0.2, -0.15) is 0 Å². The van der Waals surface area contributed by atoms with Crippen LogP contribution in [0.4, 0.5) is 4.79 Å². The number of amides is 1. The van der Waals surface area contributed by atoms with E-state index in [1.54, 1.807) is 4.90 Å². The fourth-order valence-electron chi connectivity index (χ4n) is 2.21. The lowest BCUT2D eigenvalue weighted by Crippen LogP contribution is -2.50. The van der Waals surface area contributed by atoms with Gasteiger partial charge < -0.3 is 9.38 Å². The Hall–Kier alpha value is -0.220. The Morgan fingerprint density at radius 2 is 1.59 bits per heavy atom. The zero-order valence-electron chi connectivity index (χ0n) is 12.2. The third kappa shape index (κ3) is 6.32. The van der Waals surface area contributed by atoms with Crippen molar-refractivity contribution >= 4 is 17.0 Å². The van der Waals surface area contributed by atoms with E-state index in [0.29, 0.717) is 0 Å². The van der Waals surface area contributed by atoms with Gasteiger partial charge in [0.15, 0.2) is 0 Å². The van der Waals surface area contributed by atoms with Gasteiger partial charge in [-0.05, 0) is 19.8 Å². The zero-order chi connectivity index (χ0) is 13.3. The number of rotatable bonds is 8. The first kappa shape index (κ1) is 16.8. The maximum atomic E-state index is 11.5. The van der Waals surface area contributed by atoms with Gasteiger partial charge in [-0.1, -0.05) is 25.6 Å². The second-order valence-corrected chi connectivity index (χ2v) is 5.88. The molecular formula is C13H29N2OS+. The SMILES string of the molecule is CCC[N+](CC)(CCC)CCSC(=O)N(C)C. The van der Waals surface area contributed by atoms with Crippen molar-refractivity contribution in [3.8, 4) is 0 Å². The highest BCUT2D eigenvalue weighted by Gasteiger charge is 2.23. The number of carbonyl (C=O) groups is 1. The summed E-state index contributed by atoms with van der Waals surface area (Å²) in [5.74, 6) is 0.935. The molecule has 0 saturated carbocycles. The third-order valence-corrected chi connectivity index (χ3v) is 4.22. The predicted octanol–water partition coefficient (Wildman–Crippen LogP) is 3.06. The number of carbonyl (C=O) groups excluding carboxylic acids is 1. The van der Waals surface area contributed by atoms with Crippen LogP contribution in [0.25, 0.3) is 0 Å². The maximum Gasteiger partial charge on any atom is 0.281 e. The van der Waals surface area contributed by atoms with Crippen LogP contribution in [0.5, 0.6) is 0 Å². The Balaban J connectivity index is 4.19. The third-order valence-electron chi connectivity index (χ3n) is 3.22. The molecule has 0 unspecified atom stereocenters. The van der Waals surface area contributed by atoms with Gasteiger partial charge in [-0.3, -0.25) is 4.79 Å². The second-order valence-electron chi connectivity index (χ2n) is 4.84. The molecule has 0 aliphatic heterocycles. The van der Waals surface area contributed by atoms with Crippen molar-refractivity contribution in [2.45, 2.75) is 33.6 Å². The highest BCUT2D eigenvalue weighted by atomic mass is 32.2. The molecule has 0 aliphatic rings. The van der Waals surface area contributed by atoms with Crippen molar-refractivity contribution in [1.29, 1.82) is 0 Å². The summed E-state index contributed by atoms with van der Waals surface area (Å²) in [4.78, 5) is 13.2. The van der Waals surface area contributed by atoms with E-state index in [9.17, 15) is 4.79 Å². The fourth-order valence-corrected chi connectivity index (χ4v) is 3.13. The predicted molar refractivity (Wildman–Crippen MR) is 77.5 cm³/mol. The second kappa shape index (κ2) is 8.81.